The van der Waals surface area contributed by atoms with Gasteiger partial charge in [-0.2, -0.15) is 0 Å². The van der Waals surface area contributed by atoms with Crippen molar-refractivity contribution in [3.63, 3.8) is 0 Å². The number of nitrogens with zero attached hydrogens (tertiary/aromatic N) is 4. The summed E-state index contributed by atoms with van der Waals surface area (Å²) in [6.07, 6.45) is 8.86. The van der Waals surface area contributed by atoms with E-state index in [-0.39, 0.29) is 0 Å². The summed E-state index contributed by atoms with van der Waals surface area (Å²) in [4.78, 5) is 9.17. The number of fused-ring (bicyclic) bond motifs is 16. The Morgan fingerprint density at radius 3 is 1.85 bits per heavy atom. The Kier molecular flexibility index (Phi) is 7.07. The van der Waals surface area contributed by atoms with Crippen LogP contribution in [-0.2, 0) is 11.8 Å². The van der Waals surface area contributed by atoms with Crippen molar-refractivity contribution in [3.05, 3.63) is 216 Å². The van der Waals surface area contributed by atoms with E-state index in [4.69, 9.17) is 4.98 Å². The average molecular weight is 769 g/mol. The molecule has 3 aliphatic rings. The fourth-order valence-corrected chi connectivity index (χ4v) is 11.6. The van der Waals surface area contributed by atoms with Crippen LogP contribution in [-0.4, -0.2) is 19.1 Å². The lowest BCUT2D eigenvalue weighted by molar-refractivity contribution is 0.586. The van der Waals surface area contributed by atoms with Crippen LogP contribution in [0.4, 0.5) is 0 Å². The quantitative estimate of drug-likeness (QED) is 0.179. The zero-order chi connectivity index (χ0) is 39.5. The highest BCUT2D eigenvalue weighted by Gasteiger charge is 2.55. The zero-order valence-corrected chi connectivity index (χ0v) is 33.3. The molecule has 6 aromatic carbocycles. The molecule has 0 bridgehead atoms. The van der Waals surface area contributed by atoms with Crippen LogP contribution in [0.25, 0.3) is 77.6 Å². The van der Waals surface area contributed by atoms with Crippen LogP contribution in [0.2, 0.25) is 0 Å². The first-order chi connectivity index (χ1) is 29.8. The van der Waals surface area contributed by atoms with Crippen molar-refractivity contribution >= 4 is 44.0 Å². The van der Waals surface area contributed by atoms with Crippen molar-refractivity contribution in [1.82, 2.24) is 19.1 Å². The molecule has 10 aromatic rings. The summed E-state index contributed by atoms with van der Waals surface area (Å²) in [6.45, 7) is 2.39. The Labute approximate surface area is 348 Å². The van der Waals surface area contributed by atoms with Crippen LogP contribution in [0.5, 0.6) is 0 Å². The van der Waals surface area contributed by atoms with E-state index < -0.39 is 5.41 Å². The molecule has 1 spiro atoms. The highest BCUT2D eigenvalue weighted by molar-refractivity contribution is 6.15. The van der Waals surface area contributed by atoms with Gasteiger partial charge in [0.1, 0.15) is 0 Å². The molecule has 0 amide bonds. The van der Waals surface area contributed by atoms with E-state index >= 15 is 0 Å². The number of hydrogen-bond acceptors (Lipinski definition) is 2. The van der Waals surface area contributed by atoms with Crippen molar-refractivity contribution in [2.45, 2.75) is 31.6 Å². The molecule has 0 saturated heterocycles. The number of hydrogen-bond donors (Lipinski definition) is 0. The second kappa shape index (κ2) is 12.6. The van der Waals surface area contributed by atoms with Crippen LogP contribution in [0.3, 0.4) is 0 Å². The Bertz CT molecular complexity index is 3320. The van der Waals surface area contributed by atoms with Crippen LogP contribution in [0.15, 0.2) is 182 Å². The first-order valence-electron chi connectivity index (χ1n) is 21.3. The van der Waals surface area contributed by atoms with Gasteiger partial charge in [0.2, 0.25) is 0 Å². The van der Waals surface area contributed by atoms with E-state index in [9.17, 15) is 0 Å². The molecule has 0 aliphatic heterocycles. The summed E-state index contributed by atoms with van der Waals surface area (Å²) < 4.78 is 4.86. The number of benzene rings is 6. The van der Waals surface area contributed by atoms with Crippen molar-refractivity contribution in [2.75, 3.05) is 0 Å². The summed E-state index contributed by atoms with van der Waals surface area (Å²) in [5.74, 6) is 0.445. The van der Waals surface area contributed by atoms with Gasteiger partial charge >= 0.3 is 0 Å². The van der Waals surface area contributed by atoms with E-state index in [1.165, 1.54) is 77.9 Å². The lowest BCUT2D eigenvalue weighted by Gasteiger charge is -2.33. The van der Waals surface area contributed by atoms with Crippen LogP contribution in [0, 0.1) is 5.92 Å². The largest absolute Gasteiger partial charge is 0.313 e. The Morgan fingerprint density at radius 1 is 0.550 bits per heavy atom. The third-order valence-electron chi connectivity index (χ3n) is 14.0. The molecule has 4 nitrogen and oxygen atoms in total. The molecule has 0 fully saturated rings. The highest BCUT2D eigenvalue weighted by atomic mass is 15.0. The lowest BCUT2D eigenvalue weighted by Crippen LogP contribution is -2.27. The molecule has 0 saturated carbocycles. The first-order valence-corrected chi connectivity index (χ1v) is 21.3. The molecule has 1 atom stereocenters. The predicted octanol–water partition coefficient (Wildman–Crippen LogP) is 13.4. The normalized spacial score (nSPS) is 15.9. The van der Waals surface area contributed by atoms with Gasteiger partial charge < -0.3 is 9.13 Å². The minimum absolute atomic E-state index is 0.400. The fraction of sp³-hybridized carbons (Fsp3) is 0.107. The molecule has 13 rings (SSSR count). The number of rotatable bonds is 4. The van der Waals surface area contributed by atoms with Gasteiger partial charge in [0.15, 0.2) is 0 Å². The maximum absolute atomic E-state index is 4.72. The third kappa shape index (κ3) is 4.35. The van der Waals surface area contributed by atoms with Gasteiger partial charge in [-0.3, -0.25) is 9.97 Å². The van der Waals surface area contributed by atoms with Crippen LogP contribution < -0.4 is 0 Å². The van der Waals surface area contributed by atoms with Gasteiger partial charge in [0.25, 0.3) is 0 Å². The maximum Gasteiger partial charge on any atom is 0.0964 e. The fourth-order valence-electron chi connectivity index (χ4n) is 11.6. The number of aromatic nitrogens is 4. The van der Waals surface area contributed by atoms with Gasteiger partial charge in [-0.15, -0.1) is 0 Å². The summed E-state index contributed by atoms with van der Waals surface area (Å²) in [5, 5.41) is 2.44. The minimum atomic E-state index is -0.400. The number of pyridine rings is 2. The highest BCUT2D eigenvalue weighted by Crippen LogP contribution is 2.67. The van der Waals surface area contributed by atoms with E-state index in [0.717, 1.165) is 46.9 Å². The molecular formula is C56H40N4. The molecule has 0 N–H and O–H groups in total. The van der Waals surface area contributed by atoms with Gasteiger partial charge in [-0.25, -0.2) is 0 Å². The van der Waals surface area contributed by atoms with Crippen molar-refractivity contribution < 1.29 is 0 Å². The second-order valence-electron chi connectivity index (χ2n) is 16.7. The van der Waals surface area contributed by atoms with Crippen molar-refractivity contribution in [1.29, 1.82) is 0 Å². The minimum Gasteiger partial charge on any atom is -0.313 e. The number of allylic oxidation sites excluding steroid dienone is 2. The zero-order valence-electron chi connectivity index (χ0n) is 33.3. The molecule has 3 aliphatic carbocycles. The van der Waals surface area contributed by atoms with E-state index in [0.29, 0.717) is 5.92 Å². The van der Waals surface area contributed by atoms with Gasteiger partial charge in [-0.1, -0.05) is 122 Å². The average Bonchev–Trinajstić information content (AvgIpc) is 3.98. The molecule has 284 valence electrons. The Morgan fingerprint density at radius 2 is 1.15 bits per heavy atom. The SMILES string of the molecule is CCC1CCc2c(c3ccccc3n2-c2ccc(-c3ccc(-n4c5cnccc5c5ncccc54)cc3)cc2)C2=C1c1ccccc1C21c2ccccc2-c2ccccc21. The smallest absolute Gasteiger partial charge is 0.0964 e. The van der Waals surface area contributed by atoms with Gasteiger partial charge in [0, 0.05) is 45.8 Å². The second-order valence-corrected chi connectivity index (χ2v) is 16.7. The molecule has 60 heavy (non-hydrogen) atoms. The summed E-state index contributed by atoms with van der Waals surface area (Å²) in [7, 11) is 0. The Balaban J connectivity index is 0.980. The summed E-state index contributed by atoms with van der Waals surface area (Å²) >= 11 is 0. The molecule has 0 radical (unpaired) electrons. The van der Waals surface area contributed by atoms with E-state index in [2.05, 4.69) is 179 Å². The standard InChI is InChI=1S/C56H40N4/c1-2-35-25-30-49-53(54-52(35)42-14-5-9-18-47(42)56(54)45-16-7-3-12-40(45)41-13-4-8-17-46(41)56)43-15-6-10-19-48(43)59(49)38-26-21-36(22-27-38)37-23-28-39(29-24-37)60-50-20-11-32-58-55(50)44-31-33-57-34-51(44)60/h3-24,26-29,31-35H,2,25,30H2,1H3. The van der Waals surface area contributed by atoms with Crippen molar-refractivity contribution in [2.24, 2.45) is 5.92 Å². The molecule has 4 heterocycles. The number of para-hydroxylation sites is 1. The third-order valence-corrected chi connectivity index (χ3v) is 14.0. The molecule has 1 unspecified atom stereocenters. The lowest BCUT2D eigenvalue weighted by atomic mass is 9.67. The van der Waals surface area contributed by atoms with E-state index in [1.54, 1.807) is 5.57 Å². The first kappa shape index (κ1) is 33.6. The molecular weight excluding hydrogens is 729 g/mol. The summed E-state index contributed by atoms with van der Waals surface area (Å²) in [6, 6.07) is 61.3. The van der Waals surface area contributed by atoms with Crippen LogP contribution in [0.1, 0.15) is 53.3 Å². The molecule has 4 heteroatoms. The maximum atomic E-state index is 4.72. The summed E-state index contributed by atoms with van der Waals surface area (Å²) in [5.41, 5.74) is 22.9. The van der Waals surface area contributed by atoms with E-state index in [1.807, 2.05) is 24.7 Å². The Hall–Kier alpha value is -7.30. The topological polar surface area (TPSA) is 35.6 Å². The molecule has 4 aromatic heterocycles. The van der Waals surface area contributed by atoms with Crippen molar-refractivity contribution in [3.8, 4) is 33.6 Å². The van der Waals surface area contributed by atoms with Crippen LogP contribution >= 0.6 is 0 Å². The van der Waals surface area contributed by atoms with Gasteiger partial charge in [0.05, 0.1) is 33.7 Å². The predicted molar refractivity (Wildman–Crippen MR) is 246 cm³/mol. The van der Waals surface area contributed by atoms with Gasteiger partial charge in [-0.05, 0) is 129 Å². The monoisotopic (exact) mass is 768 g/mol.